The number of piperazine rings is 1. The Morgan fingerprint density at radius 1 is 1.09 bits per heavy atom. The Kier molecular flexibility index (Phi) is 4.87. The Hall–Kier alpha value is -2.00. The molecule has 0 saturated carbocycles. The molecule has 0 atom stereocenters. The van der Waals surface area contributed by atoms with Gasteiger partial charge in [-0.1, -0.05) is 24.2 Å². The molecule has 0 bridgehead atoms. The number of aromatic nitrogens is 4. The SMILES string of the molecule is COCc1noc(CN2CCN(c3nc(C(C)C)no3)CC2)n1. The molecule has 3 rings (SSSR count). The summed E-state index contributed by atoms with van der Waals surface area (Å²) in [5.74, 6) is 2.21. The summed E-state index contributed by atoms with van der Waals surface area (Å²) in [4.78, 5) is 13.1. The van der Waals surface area contributed by atoms with Crippen molar-refractivity contribution in [2.24, 2.45) is 0 Å². The summed E-state index contributed by atoms with van der Waals surface area (Å²) in [7, 11) is 1.61. The van der Waals surface area contributed by atoms with Gasteiger partial charge in [0.05, 0.1) is 6.54 Å². The summed E-state index contributed by atoms with van der Waals surface area (Å²) in [5, 5.41) is 7.88. The normalized spacial score (nSPS) is 16.4. The summed E-state index contributed by atoms with van der Waals surface area (Å²) in [6, 6.07) is 0.605. The van der Waals surface area contributed by atoms with Crippen molar-refractivity contribution in [2.75, 3.05) is 38.2 Å². The lowest BCUT2D eigenvalue weighted by Crippen LogP contribution is -2.46. The first-order valence-electron chi connectivity index (χ1n) is 7.77. The predicted octanol–water partition coefficient (Wildman–Crippen LogP) is 1.04. The van der Waals surface area contributed by atoms with Gasteiger partial charge in [0.1, 0.15) is 6.61 Å². The summed E-state index contributed by atoms with van der Waals surface area (Å²) < 4.78 is 15.5. The minimum absolute atomic E-state index is 0.271. The average Bonchev–Trinajstić information content (AvgIpc) is 3.18. The second-order valence-corrected chi connectivity index (χ2v) is 5.89. The van der Waals surface area contributed by atoms with Crippen LogP contribution in [0.3, 0.4) is 0 Å². The van der Waals surface area contributed by atoms with Gasteiger partial charge in [-0.25, -0.2) is 0 Å². The van der Waals surface area contributed by atoms with E-state index in [4.69, 9.17) is 13.8 Å². The van der Waals surface area contributed by atoms with Crippen LogP contribution in [0.2, 0.25) is 0 Å². The van der Waals surface area contributed by atoms with Gasteiger partial charge in [-0.05, 0) is 0 Å². The van der Waals surface area contributed by atoms with E-state index in [2.05, 4.69) is 43.9 Å². The number of nitrogens with zero attached hydrogens (tertiary/aromatic N) is 6. The molecule has 23 heavy (non-hydrogen) atoms. The zero-order valence-electron chi connectivity index (χ0n) is 13.7. The monoisotopic (exact) mass is 322 g/mol. The molecular formula is C14H22N6O3. The molecule has 0 N–H and O–H groups in total. The maximum atomic E-state index is 5.34. The van der Waals surface area contributed by atoms with Crippen molar-refractivity contribution >= 4 is 6.01 Å². The van der Waals surface area contributed by atoms with Crippen LogP contribution in [0, 0.1) is 0 Å². The third-order valence-electron chi connectivity index (χ3n) is 3.73. The average molecular weight is 322 g/mol. The smallest absolute Gasteiger partial charge is 0.324 e. The fourth-order valence-electron chi connectivity index (χ4n) is 2.42. The number of ether oxygens (including phenoxy) is 1. The van der Waals surface area contributed by atoms with Gasteiger partial charge < -0.3 is 18.7 Å². The molecule has 1 aliphatic rings. The van der Waals surface area contributed by atoms with Gasteiger partial charge in [0.15, 0.2) is 11.6 Å². The van der Waals surface area contributed by atoms with Crippen LogP contribution >= 0.6 is 0 Å². The maximum Gasteiger partial charge on any atom is 0.324 e. The lowest BCUT2D eigenvalue weighted by atomic mass is 10.2. The van der Waals surface area contributed by atoms with E-state index < -0.39 is 0 Å². The largest absolute Gasteiger partial charge is 0.377 e. The number of rotatable bonds is 6. The fraction of sp³-hybridized carbons (Fsp3) is 0.714. The second kappa shape index (κ2) is 7.05. The van der Waals surface area contributed by atoms with E-state index in [0.717, 1.165) is 32.0 Å². The zero-order chi connectivity index (χ0) is 16.2. The molecular weight excluding hydrogens is 300 g/mol. The molecule has 9 heteroatoms. The summed E-state index contributed by atoms with van der Waals surface area (Å²) >= 11 is 0. The van der Waals surface area contributed by atoms with Gasteiger partial charge in [0.25, 0.3) is 0 Å². The summed E-state index contributed by atoms with van der Waals surface area (Å²) in [6.07, 6.45) is 0. The minimum atomic E-state index is 0.271. The van der Waals surface area contributed by atoms with Crippen LogP contribution in [0.5, 0.6) is 0 Å². The Morgan fingerprint density at radius 2 is 1.87 bits per heavy atom. The van der Waals surface area contributed by atoms with Gasteiger partial charge in [-0.15, -0.1) is 0 Å². The first-order chi connectivity index (χ1) is 11.2. The first-order valence-corrected chi connectivity index (χ1v) is 7.77. The highest BCUT2D eigenvalue weighted by molar-refractivity contribution is 5.26. The Morgan fingerprint density at radius 3 is 2.52 bits per heavy atom. The molecule has 0 aromatic carbocycles. The van der Waals surface area contributed by atoms with Crippen molar-refractivity contribution in [3.05, 3.63) is 17.5 Å². The minimum Gasteiger partial charge on any atom is -0.377 e. The van der Waals surface area contributed by atoms with Crippen LogP contribution in [0.4, 0.5) is 6.01 Å². The van der Waals surface area contributed by atoms with Crippen LogP contribution in [-0.2, 0) is 17.9 Å². The van der Waals surface area contributed by atoms with Gasteiger partial charge >= 0.3 is 6.01 Å². The quantitative estimate of drug-likeness (QED) is 0.773. The van der Waals surface area contributed by atoms with E-state index in [1.54, 1.807) is 7.11 Å². The van der Waals surface area contributed by atoms with E-state index in [9.17, 15) is 0 Å². The van der Waals surface area contributed by atoms with E-state index in [1.807, 2.05) is 0 Å². The highest BCUT2D eigenvalue weighted by Gasteiger charge is 2.23. The topological polar surface area (TPSA) is 93.6 Å². The second-order valence-electron chi connectivity index (χ2n) is 5.89. The number of hydrogen-bond donors (Lipinski definition) is 0. The fourth-order valence-corrected chi connectivity index (χ4v) is 2.42. The predicted molar refractivity (Wildman–Crippen MR) is 80.9 cm³/mol. The Bertz CT molecular complexity index is 618. The van der Waals surface area contributed by atoms with Gasteiger partial charge in [0, 0.05) is 39.2 Å². The van der Waals surface area contributed by atoms with Crippen LogP contribution in [0.25, 0.3) is 0 Å². The molecule has 2 aromatic rings. The number of methoxy groups -OCH3 is 1. The van der Waals surface area contributed by atoms with Crippen LogP contribution < -0.4 is 4.90 Å². The van der Waals surface area contributed by atoms with Crippen molar-refractivity contribution in [1.29, 1.82) is 0 Å². The first kappa shape index (κ1) is 15.9. The number of anilines is 1. The van der Waals surface area contributed by atoms with E-state index in [-0.39, 0.29) is 5.92 Å². The highest BCUT2D eigenvalue weighted by atomic mass is 16.5. The van der Waals surface area contributed by atoms with E-state index in [0.29, 0.717) is 30.9 Å². The van der Waals surface area contributed by atoms with E-state index in [1.165, 1.54) is 0 Å². The molecule has 0 radical (unpaired) electrons. The standard InChI is InChI=1S/C14H22N6O3/c1-10(2)13-16-14(23-18-13)20-6-4-19(5-7-20)8-12-15-11(9-21-3)17-22-12/h10H,4-9H2,1-3H3. The molecule has 9 nitrogen and oxygen atoms in total. The van der Waals surface area contributed by atoms with Crippen LogP contribution in [0.15, 0.2) is 9.05 Å². The van der Waals surface area contributed by atoms with Gasteiger partial charge in [0.2, 0.25) is 5.89 Å². The Balaban J connectivity index is 1.51. The molecule has 3 heterocycles. The number of hydrogen-bond acceptors (Lipinski definition) is 9. The molecule has 1 fully saturated rings. The lowest BCUT2D eigenvalue weighted by Gasteiger charge is -2.32. The van der Waals surface area contributed by atoms with Crippen molar-refractivity contribution in [1.82, 2.24) is 25.2 Å². The maximum absolute atomic E-state index is 5.34. The molecule has 0 amide bonds. The summed E-state index contributed by atoms with van der Waals surface area (Å²) in [6.45, 7) is 8.53. The summed E-state index contributed by atoms with van der Waals surface area (Å²) in [5.41, 5.74) is 0. The molecule has 2 aromatic heterocycles. The molecule has 126 valence electrons. The van der Waals surface area contributed by atoms with Crippen molar-refractivity contribution < 1.29 is 13.8 Å². The lowest BCUT2D eigenvalue weighted by molar-refractivity contribution is 0.174. The molecule has 0 unspecified atom stereocenters. The van der Waals surface area contributed by atoms with Gasteiger partial charge in [-0.2, -0.15) is 9.97 Å². The molecule has 1 saturated heterocycles. The van der Waals surface area contributed by atoms with Crippen molar-refractivity contribution in [2.45, 2.75) is 32.9 Å². The van der Waals surface area contributed by atoms with Crippen LogP contribution in [0.1, 0.15) is 37.3 Å². The molecule has 0 spiro atoms. The van der Waals surface area contributed by atoms with Crippen molar-refractivity contribution in [3.8, 4) is 0 Å². The highest BCUT2D eigenvalue weighted by Crippen LogP contribution is 2.18. The third kappa shape index (κ3) is 3.85. The molecule has 1 aliphatic heterocycles. The van der Waals surface area contributed by atoms with E-state index >= 15 is 0 Å². The third-order valence-corrected chi connectivity index (χ3v) is 3.73. The van der Waals surface area contributed by atoms with Crippen molar-refractivity contribution in [3.63, 3.8) is 0 Å². The zero-order valence-corrected chi connectivity index (χ0v) is 13.7. The Labute approximate surface area is 134 Å². The van der Waals surface area contributed by atoms with Crippen LogP contribution in [-0.4, -0.2) is 58.5 Å². The molecule has 0 aliphatic carbocycles. The van der Waals surface area contributed by atoms with Gasteiger partial charge in [-0.3, -0.25) is 4.90 Å².